The number of amides is 1. The predicted octanol–water partition coefficient (Wildman–Crippen LogP) is 4.90. The Morgan fingerprint density at radius 3 is 2.67 bits per heavy atom. The standard InChI is InChI=1S/C23H29ClN4O.HI/c1-3-25-23(27-17(2)20-9-5-10-21(24)14-20)26-15-18-7-4-8-19(13-18)16-28-12-6-11-22(28)29;/h4-5,7-10,13-14,17H,3,6,11-12,15-16H2,1-2H3,(H2,25,26,27);1H. The molecule has 0 spiro atoms. The number of halogens is 2. The summed E-state index contributed by atoms with van der Waals surface area (Å²) in [6.07, 6.45) is 1.64. The number of hydrogen-bond acceptors (Lipinski definition) is 2. The van der Waals surface area contributed by atoms with Gasteiger partial charge >= 0.3 is 0 Å². The van der Waals surface area contributed by atoms with E-state index in [0.717, 1.165) is 47.2 Å². The Kier molecular flexibility index (Phi) is 9.91. The maximum atomic E-state index is 11.9. The fourth-order valence-electron chi connectivity index (χ4n) is 3.47. The summed E-state index contributed by atoms with van der Waals surface area (Å²) in [4.78, 5) is 18.5. The third kappa shape index (κ3) is 7.16. The molecule has 1 amide bonds. The monoisotopic (exact) mass is 540 g/mol. The number of likely N-dealkylation sites (tertiary alicyclic amines) is 1. The molecule has 3 rings (SSSR count). The van der Waals surface area contributed by atoms with Crippen molar-refractivity contribution in [3.8, 4) is 0 Å². The van der Waals surface area contributed by atoms with Crippen LogP contribution in [-0.4, -0.2) is 29.9 Å². The molecule has 1 atom stereocenters. The minimum Gasteiger partial charge on any atom is -0.357 e. The zero-order valence-corrected chi connectivity index (χ0v) is 20.6. The molecule has 1 unspecified atom stereocenters. The van der Waals surface area contributed by atoms with Crippen molar-refractivity contribution in [1.82, 2.24) is 15.5 Å². The minimum absolute atomic E-state index is 0. The van der Waals surface area contributed by atoms with Crippen molar-refractivity contribution >= 4 is 47.4 Å². The van der Waals surface area contributed by atoms with Crippen LogP contribution >= 0.6 is 35.6 Å². The molecule has 0 radical (unpaired) electrons. The number of benzene rings is 2. The SMILES string of the molecule is CCNC(=NCc1cccc(CN2CCCC2=O)c1)NC(C)c1cccc(Cl)c1.I. The van der Waals surface area contributed by atoms with Crippen molar-refractivity contribution in [2.45, 2.75) is 45.8 Å². The molecule has 162 valence electrons. The van der Waals surface area contributed by atoms with Crippen LogP contribution < -0.4 is 10.6 Å². The Morgan fingerprint density at radius 1 is 1.20 bits per heavy atom. The van der Waals surface area contributed by atoms with Crippen LogP contribution in [0.3, 0.4) is 0 Å². The van der Waals surface area contributed by atoms with E-state index in [9.17, 15) is 4.79 Å². The molecular weight excluding hydrogens is 511 g/mol. The molecule has 2 N–H and O–H groups in total. The van der Waals surface area contributed by atoms with Gasteiger partial charge in [0.2, 0.25) is 5.91 Å². The number of carbonyl (C=O) groups excluding carboxylic acids is 1. The first-order valence-corrected chi connectivity index (χ1v) is 10.6. The summed E-state index contributed by atoms with van der Waals surface area (Å²) in [5.74, 6) is 1.02. The highest BCUT2D eigenvalue weighted by molar-refractivity contribution is 14.0. The second kappa shape index (κ2) is 12.2. The molecule has 5 nitrogen and oxygen atoms in total. The van der Waals surface area contributed by atoms with Gasteiger partial charge in [-0.1, -0.05) is 48.0 Å². The van der Waals surface area contributed by atoms with Crippen LogP contribution in [0.4, 0.5) is 0 Å². The molecular formula is C23H30ClIN4O. The Bertz CT molecular complexity index is 874. The van der Waals surface area contributed by atoms with Crippen molar-refractivity contribution in [3.63, 3.8) is 0 Å². The molecule has 1 heterocycles. The van der Waals surface area contributed by atoms with Crippen LogP contribution in [0.1, 0.15) is 49.4 Å². The zero-order chi connectivity index (χ0) is 20.6. The summed E-state index contributed by atoms with van der Waals surface area (Å²) >= 11 is 6.11. The van der Waals surface area contributed by atoms with Gasteiger partial charge in [0.05, 0.1) is 12.6 Å². The number of carbonyl (C=O) groups is 1. The lowest BCUT2D eigenvalue weighted by Crippen LogP contribution is -2.38. The van der Waals surface area contributed by atoms with Gasteiger partial charge in [-0.15, -0.1) is 24.0 Å². The minimum atomic E-state index is 0. The average Bonchev–Trinajstić information content (AvgIpc) is 3.11. The van der Waals surface area contributed by atoms with Crippen LogP contribution in [0.25, 0.3) is 0 Å². The fraction of sp³-hybridized carbons (Fsp3) is 0.391. The van der Waals surface area contributed by atoms with Crippen molar-refractivity contribution in [1.29, 1.82) is 0 Å². The van der Waals surface area contributed by atoms with E-state index in [0.29, 0.717) is 19.5 Å². The number of nitrogens with one attached hydrogen (secondary N) is 2. The van der Waals surface area contributed by atoms with Gasteiger partial charge in [-0.3, -0.25) is 4.79 Å². The molecule has 0 aliphatic carbocycles. The maximum Gasteiger partial charge on any atom is 0.222 e. The summed E-state index contributed by atoms with van der Waals surface area (Å²) in [5.41, 5.74) is 3.39. The number of aliphatic imine (C=N–C) groups is 1. The molecule has 0 bridgehead atoms. The van der Waals surface area contributed by atoms with E-state index in [1.165, 1.54) is 0 Å². The molecule has 2 aromatic rings. The van der Waals surface area contributed by atoms with Gasteiger partial charge in [-0.05, 0) is 49.1 Å². The normalized spacial score (nSPS) is 15.0. The van der Waals surface area contributed by atoms with E-state index >= 15 is 0 Å². The molecule has 0 saturated carbocycles. The van der Waals surface area contributed by atoms with E-state index in [-0.39, 0.29) is 35.9 Å². The van der Waals surface area contributed by atoms with E-state index in [1.807, 2.05) is 29.2 Å². The molecule has 1 aliphatic heterocycles. The number of rotatable bonds is 7. The lowest BCUT2D eigenvalue weighted by Gasteiger charge is -2.18. The second-order valence-corrected chi connectivity index (χ2v) is 7.79. The van der Waals surface area contributed by atoms with Crippen LogP contribution in [0.5, 0.6) is 0 Å². The van der Waals surface area contributed by atoms with Crippen molar-refractivity contribution in [2.75, 3.05) is 13.1 Å². The smallest absolute Gasteiger partial charge is 0.222 e. The van der Waals surface area contributed by atoms with E-state index in [2.05, 4.69) is 48.7 Å². The molecule has 7 heteroatoms. The Morgan fingerprint density at radius 2 is 1.97 bits per heavy atom. The molecule has 30 heavy (non-hydrogen) atoms. The van der Waals surface area contributed by atoms with Gasteiger partial charge < -0.3 is 15.5 Å². The van der Waals surface area contributed by atoms with Crippen LogP contribution in [0, 0.1) is 0 Å². The summed E-state index contributed by atoms with van der Waals surface area (Å²) in [6.45, 7) is 7.03. The van der Waals surface area contributed by atoms with Gasteiger partial charge in [0, 0.05) is 31.1 Å². The third-order valence-corrected chi connectivity index (χ3v) is 5.24. The van der Waals surface area contributed by atoms with Crippen LogP contribution in [0.15, 0.2) is 53.5 Å². The Hall–Kier alpha value is -1.80. The lowest BCUT2D eigenvalue weighted by molar-refractivity contribution is -0.128. The van der Waals surface area contributed by atoms with Gasteiger partial charge in [0.1, 0.15) is 0 Å². The first-order chi connectivity index (χ1) is 14.0. The molecule has 1 saturated heterocycles. The number of hydrogen-bond donors (Lipinski definition) is 2. The topological polar surface area (TPSA) is 56.7 Å². The fourth-order valence-corrected chi connectivity index (χ4v) is 3.67. The van der Waals surface area contributed by atoms with Crippen molar-refractivity contribution < 1.29 is 4.79 Å². The highest BCUT2D eigenvalue weighted by Crippen LogP contribution is 2.18. The van der Waals surface area contributed by atoms with E-state index in [4.69, 9.17) is 16.6 Å². The molecule has 1 fully saturated rings. The highest BCUT2D eigenvalue weighted by atomic mass is 127. The number of nitrogens with zero attached hydrogens (tertiary/aromatic N) is 2. The van der Waals surface area contributed by atoms with Gasteiger partial charge in [0.15, 0.2) is 5.96 Å². The van der Waals surface area contributed by atoms with Crippen molar-refractivity contribution in [2.24, 2.45) is 4.99 Å². The third-order valence-electron chi connectivity index (χ3n) is 5.00. The van der Waals surface area contributed by atoms with Gasteiger partial charge in [-0.2, -0.15) is 0 Å². The van der Waals surface area contributed by atoms with Gasteiger partial charge in [0.25, 0.3) is 0 Å². The van der Waals surface area contributed by atoms with Crippen molar-refractivity contribution in [3.05, 3.63) is 70.2 Å². The quantitative estimate of drug-likeness (QED) is 0.299. The Labute approximate surface area is 201 Å². The summed E-state index contributed by atoms with van der Waals surface area (Å²) < 4.78 is 0. The first kappa shape index (κ1) is 24.5. The summed E-state index contributed by atoms with van der Waals surface area (Å²) in [6, 6.07) is 16.2. The molecule has 1 aliphatic rings. The molecule has 0 aromatic heterocycles. The second-order valence-electron chi connectivity index (χ2n) is 7.35. The van der Waals surface area contributed by atoms with Crippen LogP contribution in [-0.2, 0) is 17.9 Å². The van der Waals surface area contributed by atoms with Gasteiger partial charge in [-0.25, -0.2) is 4.99 Å². The first-order valence-electron chi connectivity index (χ1n) is 10.2. The van der Waals surface area contributed by atoms with E-state index in [1.54, 1.807) is 0 Å². The summed E-state index contributed by atoms with van der Waals surface area (Å²) in [5, 5.41) is 7.47. The molecule has 2 aromatic carbocycles. The Balaban J connectivity index is 0.00000320. The van der Waals surface area contributed by atoms with E-state index < -0.39 is 0 Å². The number of guanidine groups is 1. The van der Waals surface area contributed by atoms with Crippen LogP contribution in [0.2, 0.25) is 5.02 Å². The predicted molar refractivity (Wildman–Crippen MR) is 134 cm³/mol. The largest absolute Gasteiger partial charge is 0.357 e. The highest BCUT2D eigenvalue weighted by Gasteiger charge is 2.19. The zero-order valence-electron chi connectivity index (χ0n) is 17.5. The maximum absolute atomic E-state index is 11.9. The average molecular weight is 541 g/mol. The lowest BCUT2D eigenvalue weighted by atomic mass is 10.1. The summed E-state index contributed by atoms with van der Waals surface area (Å²) in [7, 11) is 0.